The van der Waals surface area contributed by atoms with E-state index in [9.17, 15) is 28.3 Å². The number of hydrogen-bond acceptors (Lipinski definition) is 8. The number of rotatable bonds is 9. The van der Waals surface area contributed by atoms with E-state index in [1.54, 1.807) is 0 Å². The minimum Gasteiger partial charge on any atom is -0.493 e. The molecule has 2 aromatic carbocycles. The molecule has 0 bridgehead atoms. The second kappa shape index (κ2) is 11.2. The van der Waals surface area contributed by atoms with Gasteiger partial charge in [-0.05, 0) is 24.3 Å². The lowest BCUT2D eigenvalue weighted by molar-refractivity contribution is -0.146. The van der Waals surface area contributed by atoms with Gasteiger partial charge in [-0.2, -0.15) is 0 Å². The Morgan fingerprint density at radius 2 is 1.91 bits per heavy atom. The summed E-state index contributed by atoms with van der Waals surface area (Å²) in [7, 11) is 1.32. The molecular weight excluding hydrogens is 490 g/mol. The largest absolute Gasteiger partial charge is 0.493 e. The minimum atomic E-state index is -1.78. The predicted molar refractivity (Wildman–Crippen MR) is 120 cm³/mol. The number of carboxylic acids is 1. The number of aliphatic carboxylic acids is 1. The first kappa shape index (κ1) is 25.3. The Balaban J connectivity index is 1.69. The zero-order valence-electron chi connectivity index (χ0n) is 17.9. The molecule has 0 aliphatic rings. The molecule has 35 heavy (non-hydrogen) atoms. The summed E-state index contributed by atoms with van der Waals surface area (Å²) in [5.41, 5.74) is -0.269. The topological polar surface area (TPSA) is 159 Å². The number of thiazole rings is 1. The third-order valence-electron chi connectivity index (χ3n) is 4.25. The zero-order valence-corrected chi connectivity index (χ0v) is 18.7. The summed E-state index contributed by atoms with van der Waals surface area (Å²) >= 11 is 0.880. The van der Waals surface area contributed by atoms with Crippen molar-refractivity contribution in [2.24, 2.45) is 0 Å². The van der Waals surface area contributed by atoms with E-state index < -0.39 is 42.2 Å². The Kier molecular flexibility index (Phi) is 8.12. The molecule has 0 unspecified atom stereocenters. The smallest absolute Gasteiger partial charge is 0.334 e. The van der Waals surface area contributed by atoms with Crippen LogP contribution in [0.5, 0.6) is 17.2 Å². The van der Waals surface area contributed by atoms with Crippen molar-refractivity contribution in [3.63, 3.8) is 0 Å². The average molecular weight is 508 g/mol. The molecule has 1 heterocycles. The Labute approximate surface area is 200 Å². The number of carboxylic acid groups (broad SMARTS) is 1. The first-order valence-corrected chi connectivity index (χ1v) is 10.6. The number of nitrogens with one attached hydrogen (secondary N) is 3. The molecule has 14 heteroatoms. The Morgan fingerprint density at radius 1 is 1.14 bits per heavy atom. The van der Waals surface area contributed by atoms with Gasteiger partial charge in [-0.15, -0.1) is 11.3 Å². The number of urea groups is 1. The molecule has 3 aromatic rings. The monoisotopic (exact) mass is 508 g/mol. The predicted octanol–water partition coefficient (Wildman–Crippen LogP) is 3.04. The van der Waals surface area contributed by atoms with Crippen molar-refractivity contribution >= 4 is 40.1 Å². The summed E-state index contributed by atoms with van der Waals surface area (Å²) in [5.74, 6) is -3.99. The van der Waals surface area contributed by atoms with E-state index >= 15 is 0 Å². The Bertz CT molecular complexity index is 1250. The molecule has 0 saturated heterocycles. The van der Waals surface area contributed by atoms with Gasteiger partial charge in [-0.3, -0.25) is 10.1 Å². The molecule has 1 aromatic heterocycles. The quantitative estimate of drug-likeness (QED) is 0.295. The molecule has 0 spiro atoms. The number of carbonyl (C=O) groups is 3. The van der Waals surface area contributed by atoms with Gasteiger partial charge >= 0.3 is 12.0 Å². The second-order valence-corrected chi connectivity index (χ2v) is 7.55. The van der Waals surface area contributed by atoms with E-state index in [-0.39, 0.29) is 33.8 Å². The number of aliphatic hydroxyl groups is 1. The molecule has 3 rings (SSSR count). The van der Waals surface area contributed by atoms with E-state index in [1.165, 1.54) is 30.7 Å². The highest BCUT2D eigenvalue weighted by atomic mass is 32.1. The molecule has 0 radical (unpaired) electrons. The Hall–Kier alpha value is -4.30. The molecule has 3 amide bonds. The number of para-hydroxylation sites is 1. The third kappa shape index (κ3) is 6.61. The summed E-state index contributed by atoms with van der Waals surface area (Å²) in [4.78, 5) is 38.9. The van der Waals surface area contributed by atoms with Crippen molar-refractivity contribution in [1.82, 2.24) is 10.3 Å². The summed E-state index contributed by atoms with van der Waals surface area (Å²) in [6.07, 6.45) is -1.78. The molecule has 0 saturated carbocycles. The number of carbonyl (C=O) groups excluding carboxylic acids is 2. The highest BCUT2D eigenvalue weighted by Gasteiger charge is 2.19. The second-order valence-electron chi connectivity index (χ2n) is 6.69. The number of aliphatic hydroxyl groups excluding tert-OH is 1. The fourth-order valence-corrected chi connectivity index (χ4v) is 3.29. The fraction of sp³-hybridized carbons (Fsp3) is 0.143. The van der Waals surface area contributed by atoms with Crippen LogP contribution in [0, 0.1) is 11.6 Å². The molecule has 0 aliphatic carbocycles. The SMILES string of the molecule is COc1cccc(F)c1Oc1ccc(F)cc1NC(=O)Nc1nc(C(=O)NC[C@@H](O)C(=O)O)cs1. The van der Waals surface area contributed by atoms with E-state index in [4.69, 9.17) is 14.6 Å². The van der Waals surface area contributed by atoms with Gasteiger partial charge in [-0.25, -0.2) is 23.4 Å². The summed E-state index contributed by atoms with van der Waals surface area (Å²) in [5, 5.41) is 26.0. The summed E-state index contributed by atoms with van der Waals surface area (Å²) in [6.45, 7) is -0.538. The zero-order chi connectivity index (χ0) is 25.5. The van der Waals surface area contributed by atoms with Crippen LogP contribution in [0.15, 0.2) is 41.8 Å². The van der Waals surface area contributed by atoms with Gasteiger partial charge < -0.3 is 30.3 Å². The van der Waals surface area contributed by atoms with Crippen molar-refractivity contribution in [2.75, 3.05) is 24.3 Å². The summed E-state index contributed by atoms with van der Waals surface area (Å²) < 4.78 is 38.6. The van der Waals surface area contributed by atoms with Gasteiger partial charge in [0.15, 0.2) is 28.6 Å². The van der Waals surface area contributed by atoms with Crippen LogP contribution in [-0.2, 0) is 4.79 Å². The number of amides is 3. The van der Waals surface area contributed by atoms with Crippen molar-refractivity contribution in [3.8, 4) is 17.2 Å². The van der Waals surface area contributed by atoms with Crippen LogP contribution in [0.3, 0.4) is 0 Å². The number of hydrogen-bond donors (Lipinski definition) is 5. The molecule has 1 atom stereocenters. The van der Waals surface area contributed by atoms with E-state index in [0.29, 0.717) is 0 Å². The number of aromatic nitrogens is 1. The van der Waals surface area contributed by atoms with Gasteiger partial charge in [0.1, 0.15) is 11.5 Å². The van der Waals surface area contributed by atoms with Crippen LogP contribution < -0.4 is 25.4 Å². The number of ether oxygens (including phenoxy) is 2. The van der Waals surface area contributed by atoms with Gasteiger partial charge in [0.2, 0.25) is 5.75 Å². The lowest BCUT2D eigenvalue weighted by Crippen LogP contribution is -2.36. The Morgan fingerprint density at radius 3 is 2.63 bits per heavy atom. The van der Waals surface area contributed by atoms with Gasteiger partial charge in [0.05, 0.1) is 19.3 Å². The van der Waals surface area contributed by atoms with Crippen molar-refractivity contribution in [2.45, 2.75) is 6.10 Å². The first-order chi connectivity index (χ1) is 16.7. The molecule has 184 valence electrons. The molecule has 0 fully saturated rings. The van der Waals surface area contributed by atoms with Crippen LogP contribution in [0.1, 0.15) is 10.5 Å². The maximum absolute atomic E-state index is 14.2. The van der Waals surface area contributed by atoms with Gasteiger partial charge in [0.25, 0.3) is 5.91 Å². The molecule has 5 N–H and O–H groups in total. The number of benzene rings is 2. The average Bonchev–Trinajstić information content (AvgIpc) is 3.28. The van der Waals surface area contributed by atoms with Crippen LogP contribution in [-0.4, -0.2) is 52.9 Å². The standard InChI is InChI=1S/C21H18F2N4O7S/c1-33-16-4-2-3-11(23)17(16)34-15-6-5-10(22)7-12(15)25-20(32)27-21-26-13(9-35-21)18(29)24-8-14(28)19(30)31/h2-7,9,14,28H,8H2,1H3,(H,24,29)(H,30,31)(H2,25,26,27,32)/t14-/m1/s1. The number of nitrogens with zero attached hydrogens (tertiary/aromatic N) is 1. The van der Waals surface area contributed by atoms with Gasteiger partial charge in [-0.1, -0.05) is 6.07 Å². The normalized spacial score (nSPS) is 11.3. The maximum Gasteiger partial charge on any atom is 0.334 e. The van der Waals surface area contributed by atoms with E-state index in [0.717, 1.165) is 29.5 Å². The summed E-state index contributed by atoms with van der Waals surface area (Å²) in [6, 6.07) is 6.34. The first-order valence-electron chi connectivity index (χ1n) is 9.70. The fourth-order valence-electron chi connectivity index (χ4n) is 2.60. The minimum absolute atomic E-state index is 0.0129. The highest BCUT2D eigenvalue weighted by Crippen LogP contribution is 2.37. The third-order valence-corrected chi connectivity index (χ3v) is 5.01. The lowest BCUT2D eigenvalue weighted by Gasteiger charge is -2.15. The number of halogens is 2. The lowest BCUT2D eigenvalue weighted by atomic mass is 10.2. The highest BCUT2D eigenvalue weighted by molar-refractivity contribution is 7.14. The molecule has 11 nitrogen and oxygen atoms in total. The van der Waals surface area contributed by atoms with Crippen LogP contribution >= 0.6 is 11.3 Å². The maximum atomic E-state index is 14.2. The van der Waals surface area contributed by atoms with Crippen LogP contribution in [0.25, 0.3) is 0 Å². The number of anilines is 2. The van der Waals surface area contributed by atoms with Crippen molar-refractivity contribution < 1.29 is 42.9 Å². The molecule has 0 aliphatic heterocycles. The van der Waals surface area contributed by atoms with E-state index in [2.05, 4.69) is 20.9 Å². The van der Waals surface area contributed by atoms with Crippen molar-refractivity contribution in [3.05, 3.63) is 59.1 Å². The van der Waals surface area contributed by atoms with Gasteiger partial charge in [0, 0.05) is 11.4 Å². The van der Waals surface area contributed by atoms with Crippen molar-refractivity contribution in [1.29, 1.82) is 0 Å². The molecular formula is C21H18F2N4O7S. The van der Waals surface area contributed by atoms with Crippen LogP contribution in [0.4, 0.5) is 24.4 Å². The van der Waals surface area contributed by atoms with E-state index in [1.807, 2.05) is 0 Å². The number of methoxy groups -OCH3 is 1. The van der Waals surface area contributed by atoms with Crippen LogP contribution in [0.2, 0.25) is 0 Å².